The molecule has 174 valence electrons. The Balaban J connectivity index is 1.97. The number of sulfonamides is 1. The minimum Gasteiger partial charge on any atom is -0.367 e. The van der Waals surface area contributed by atoms with E-state index < -0.39 is 10.0 Å². The van der Waals surface area contributed by atoms with Crippen molar-refractivity contribution in [2.75, 3.05) is 56.0 Å². The van der Waals surface area contributed by atoms with Gasteiger partial charge in [0.15, 0.2) is 0 Å². The summed E-state index contributed by atoms with van der Waals surface area (Å²) in [5.74, 6) is -0.254. The molecule has 0 radical (unpaired) electrons. The van der Waals surface area contributed by atoms with Crippen LogP contribution in [0.4, 0.5) is 11.4 Å². The second kappa shape index (κ2) is 10.5. The van der Waals surface area contributed by atoms with Crippen molar-refractivity contribution in [3.63, 3.8) is 0 Å². The van der Waals surface area contributed by atoms with Crippen molar-refractivity contribution in [1.82, 2.24) is 9.21 Å². The van der Waals surface area contributed by atoms with Gasteiger partial charge >= 0.3 is 0 Å². The Morgan fingerprint density at radius 2 is 1.59 bits per heavy atom. The summed E-state index contributed by atoms with van der Waals surface area (Å²) < 4.78 is 27.6. The van der Waals surface area contributed by atoms with Gasteiger partial charge in [0.05, 0.1) is 16.3 Å². The van der Waals surface area contributed by atoms with Gasteiger partial charge in [-0.1, -0.05) is 38.5 Å². The average Bonchev–Trinajstić information content (AvgIpc) is 2.80. The van der Waals surface area contributed by atoms with E-state index >= 15 is 0 Å². The van der Waals surface area contributed by atoms with Crippen molar-refractivity contribution in [3.8, 4) is 0 Å². The van der Waals surface area contributed by atoms with Gasteiger partial charge in [0.1, 0.15) is 0 Å². The van der Waals surface area contributed by atoms with E-state index in [1.54, 1.807) is 24.3 Å². The summed E-state index contributed by atoms with van der Waals surface area (Å²) >= 11 is 0. The average molecular weight is 459 g/mol. The van der Waals surface area contributed by atoms with Crippen molar-refractivity contribution in [2.45, 2.75) is 32.6 Å². The van der Waals surface area contributed by atoms with E-state index in [0.29, 0.717) is 24.3 Å². The van der Waals surface area contributed by atoms with E-state index in [9.17, 15) is 13.2 Å². The van der Waals surface area contributed by atoms with Gasteiger partial charge in [-0.2, -0.15) is 4.31 Å². The number of nitrogens with zero attached hydrogens (tertiary/aromatic N) is 3. The molecule has 1 saturated heterocycles. The van der Waals surface area contributed by atoms with Crippen LogP contribution < -0.4 is 10.2 Å². The van der Waals surface area contributed by atoms with Crippen LogP contribution in [0.15, 0.2) is 47.4 Å². The van der Waals surface area contributed by atoms with Crippen LogP contribution in [0.5, 0.6) is 0 Å². The molecule has 0 unspecified atom stereocenters. The Hall–Kier alpha value is -2.42. The van der Waals surface area contributed by atoms with Crippen molar-refractivity contribution in [1.29, 1.82) is 0 Å². The molecule has 0 bridgehead atoms. The summed E-state index contributed by atoms with van der Waals surface area (Å²) in [7, 11) is -3.63. The highest BCUT2D eigenvalue weighted by Gasteiger charge is 2.25. The lowest BCUT2D eigenvalue weighted by Gasteiger charge is -2.36. The molecule has 1 N–H and O–H groups in total. The van der Waals surface area contributed by atoms with Crippen LogP contribution in [0.3, 0.4) is 0 Å². The van der Waals surface area contributed by atoms with Crippen LogP contribution in [-0.4, -0.2) is 69.3 Å². The van der Waals surface area contributed by atoms with Gasteiger partial charge < -0.3 is 15.1 Å². The van der Waals surface area contributed by atoms with Crippen LogP contribution in [-0.2, 0) is 10.0 Å². The van der Waals surface area contributed by atoms with Crippen LogP contribution in [0, 0.1) is 6.92 Å². The number of likely N-dealkylation sites (N-methyl/N-ethyl adjacent to an activating group) is 1. The Morgan fingerprint density at radius 1 is 0.969 bits per heavy atom. The summed E-state index contributed by atoms with van der Waals surface area (Å²) in [4.78, 5) is 17.7. The summed E-state index contributed by atoms with van der Waals surface area (Å²) in [6, 6.07) is 12.4. The maximum atomic E-state index is 13.1. The molecule has 8 heteroatoms. The first-order chi connectivity index (χ1) is 15.3. The molecule has 1 fully saturated rings. The van der Waals surface area contributed by atoms with Crippen LogP contribution in [0.1, 0.15) is 36.7 Å². The summed E-state index contributed by atoms with van der Waals surface area (Å²) in [6.45, 7) is 13.1. The zero-order chi connectivity index (χ0) is 23.3. The zero-order valence-electron chi connectivity index (χ0n) is 19.5. The molecule has 32 heavy (non-hydrogen) atoms. The van der Waals surface area contributed by atoms with Crippen molar-refractivity contribution >= 4 is 27.3 Å². The number of aryl methyl sites for hydroxylation is 1. The quantitative estimate of drug-likeness (QED) is 0.656. The van der Waals surface area contributed by atoms with E-state index in [4.69, 9.17) is 0 Å². The number of benzene rings is 2. The highest BCUT2D eigenvalue weighted by atomic mass is 32.2. The van der Waals surface area contributed by atoms with Crippen molar-refractivity contribution in [3.05, 3.63) is 53.6 Å². The normalized spacial score (nSPS) is 15.2. The molecule has 0 aliphatic carbocycles. The molecule has 1 amide bonds. The van der Waals surface area contributed by atoms with Crippen LogP contribution in [0.2, 0.25) is 0 Å². The third kappa shape index (κ3) is 5.31. The first-order valence-electron chi connectivity index (χ1n) is 11.3. The predicted molar refractivity (Wildman–Crippen MR) is 130 cm³/mol. The minimum atomic E-state index is -3.63. The first kappa shape index (κ1) is 24.2. The molecule has 3 rings (SSSR count). The van der Waals surface area contributed by atoms with Gasteiger partial charge in [-0.3, -0.25) is 4.79 Å². The molecule has 1 aliphatic rings. The molecule has 2 aromatic rings. The van der Waals surface area contributed by atoms with Gasteiger partial charge in [-0.25, -0.2) is 8.42 Å². The van der Waals surface area contributed by atoms with E-state index in [1.807, 2.05) is 39.0 Å². The standard InChI is InChI=1S/C24H34N4O3S/c1-5-26-14-16-27(17-15-26)23-13-12-21(32(30,31)28(6-2)7-3)18-22(23)25-24(29)20-10-8-19(4)9-11-20/h8-13,18H,5-7,14-17H2,1-4H3,(H,25,29). The SMILES string of the molecule is CCN1CCN(c2ccc(S(=O)(=O)N(CC)CC)cc2NC(=O)c2ccc(C)cc2)CC1. The molecule has 2 aromatic carbocycles. The molecule has 1 aliphatic heterocycles. The number of hydrogen-bond donors (Lipinski definition) is 1. The highest BCUT2D eigenvalue weighted by molar-refractivity contribution is 7.89. The van der Waals surface area contributed by atoms with Gasteiger partial charge in [-0.15, -0.1) is 0 Å². The summed E-state index contributed by atoms with van der Waals surface area (Å²) in [6.07, 6.45) is 0. The third-order valence-corrected chi connectivity index (χ3v) is 8.08. The lowest BCUT2D eigenvalue weighted by Crippen LogP contribution is -2.46. The maximum absolute atomic E-state index is 13.1. The highest BCUT2D eigenvalue weighted by Crippen LogP contribution is 2.31. The van der Waals surface area contributed by atoms with Crippen molar-refractivity contribution in [2.24, 2.45) is 0 Å². The molecule has 0 atom stereocenters. The lowest BCUT2D eigenvalue weighted by atomic mass is 10.1. The first-order valence-corrected chi connectivity index (χ1v) is 12.7. The number of nitrogens with one attached hydrogen (secondary N) is 1. The van der Waals surface area contributed by atoms with E-state index in [-0.39, 0.29) is 10.8 Å². The number of anilines is 2. The number of hydrogen-bond acceptors (Lipinski definition) is 5. The number of carbonyl (C=O) groups is 1. The topological polar surface area (TPSA) is 73.0 Å². The maximum Gasteiger partial charge on any atom is 0.255 e. The van der Waals surface area contributed by atoms with Gasteiger partial charge in [0.2, 0.25) is 10.0 Å². The second-order valence-electron chi connectivity index (χ2n) is 8.01. The third-order valence-electron chi connectivity index (χ3n) is 6.03. The van der Waals surface area contributed by atoms with Crippen molar-refractivity contribution < 1.29 is 13.2 Å². The number of carbonyl (C=O) groups excluding carboxylic acids is 1. The van der Waals surface area contributed by atoms with Gasteiger partial charge in [-0.05, 0) is 43.8 Å². The number of piperazine rings is 1. The molecule has 1 heterocycles. The summed E-state index contributed by atoms with van der Waals surface area (Å²) in [5, 5.41) is 2.98. The van der Waals surface area contributed by atoms with Gasteiger partial charge in [0, 0.05) is 44.8 Å². The van der Waals surface area contributed by atoms with Gasteiger partial charge in [0.25, 0.3) is 5.91 Å². The molecule has 0 spiro atoms. The Kier molecular flexibility index (Phi) is 7.92. The largest absolute Gasteiger partial charge is 0.367 e. The second-order valence-corrected chi connectivity index (χ2v) is 9.95. The number of rotatable bonds is 8. The Bertz CT molecular complexity index is 1030. The molecular weight excluding hydrogens is 424 g/mol. The van der Waals surface area contributed by atoms with E-state index in [0.717, 1.165) is 44.0 Å². The Morgan fingerprint density at radius 3 is 2.16 bits per heavy atom. The molecule has 7 nitrogen and oxygen atoms in total. The fourth-order valence-corrected chi connectivity index (χ4v) is 5.45. The molecule has 0 aromatic heterocycles. The van der Waals surface area contributed by atoms with E-state index in [1.165, 1.54) is 4.31 Å². The fraction of sp³-hybridized carbons (Fsp3) is 0.458. The van der Waals surface area contributed by atoms with E-state index in [2.05, 4.69) is 22.0 Å². The zero-order valence-corrected chi connectivity index (χ0v) is 20.3. The molecular formula is C24H34N4O3S. The smallest absolute Gasteiger partial charge is 0.255 e. The Labute approximate surface area is 192 Å². The molecule has 0 saturated carbocycles. The minimum absolute atomic E-state index is 0.191. The summed E-state index contributed by atoms with van der Waals surface area (Å²) in [5.41, 5.74) is 2.98. The number of amides is 1. The lowest BCUT2D eigenvalue weighted by molar-refractivity contribution is 0.102. The van der Waals surface area contributed by atoms with Crippen LogP contribution >= 0.6 is 0 Å². The predicted octanol–water partition coefficient (Wildman–Crippen LogP) is 3.42. The fourth-order valence-electron chi connectivity index (χ4n) is 3.97. The van der Waals surface area contributed by atoms with Crippen LogP contribution in [0.25, 0.3) is 0 Å². The monoisotopic (exact) mass is 458 g/mol.